The molecule has 17 heavy (non-hydrogen) atoms. The third-order valence-electron chi connectivity index (χ3n) is 2.30. The molecule has 0 aliphatic carbocycles. The Morgan fingerprint density at radius 2 is 1.88 bits per heavy atom. The van der Waals surface area contributed by atoms with Gasteiger partial charge in [0.2, 0.25) is 0 Å². The number of hydrogen-bond acceptors (Lipinski definition) is 5. The summed E-state index contributed by atoms with van der Waals surface area (Å²) in [6.07, 6.45) is 1.25. The number of nitrogens with two attached hydrogens (primary N) is 3. The lowest BCUT2D eigenvalue weighted by molar-refractivity contribution is -0.143. The molecule has 0 aromatic rings. The standard InChI is InChI=1S/C8H19BN4O4/c10-7(11)13-5-8(12,6(14)15)3-1-2-4-9(16)17/h16-17H,1-5,12H2,(H,14,15)(H4,10,11,13)/t8-/m0/s1. The molecule has 1 atom stereocenters. The Morgan fingerprint density at radius 1 is 1.29 bits per heavy atom. The minimum absolute atomic E-state index is 0.159. The van der Waals surface area contributed by atoms with Crippen molar-refractivity contribution >= 4 is 19.0 Å². The van der Waals surface area contributed by atoms with Gasteiger partial charge in [-0.1, -0.05) is 12.8 Å². The van der Waals surface area contributed by atoms with Gasteiger partial charge in [0.1, 0.15) is 5.54 Å². The topological polar surface area (TPSA) is 168 Å². The minimum atomic E-state index is -1.52. The van der Waals surface area contributed by atoms with E-state index >= 15 is 0 Å². The molecule has 9 N–H and O–H groups in total. The molecular formula is C8H19BN4O4. The number of carbonyl (C=O) groups is 1. The van der Waals surface area contributed by atoms with Crippen molar-refractivity contribution in [1.82, 2.24) is 0 Å². The fourth-order valence-corrected chi connectivity index (χ4v) is 1.25. The summed E-state index contributed by atoms with van der Waals surface area (Å²) in [5.74, 6) is -1.40. The van der Waals surface area contributed by atoms with Crippen LogP contribution >= 0.6 is 0 Å². The van der Waals surface area contributed by atoms with E-state index < -0.39 is 18.6 Å². The molecule has 98 valence electrons. The second kappa shape index (κ2) is 7.10. The molecule has 0 spiro atoms. The third-order valence-corrected chi connectivity index (χ3v) is 2.30. The number of carboxylic acid groups (broad SMARTS) is 1. The van der Waals surface area contributed by atoms with Crippen molar-refractivity contribution in [3.05, 3.63) is 0 Å². The molecule has 9 heteroatoms. The second-order valence-corrected chi connectivity index (χ2v) is 3.93. The predicted octanol–water partition coefficient (Wildman–Crippen LogP) is -2.31. The van der Waals surface area contributed by atoms with Crippen LogP contribution in [0.3, 0.4) is 0 Å². The number of nitrogens with zero attached hydrogens (tertiary/aromatic N) is 1. The smallest absolute Gasteiger partial charge is 0.451 e. The first-order valence-electron chi connectivity index (χ1n) is 5.22. The van der Waals surface area contributed by atoms with E-state index in [0.717, 1.165) is 0 Å². The number of aliphatic carboxylic acids is 1. The molecule has 0 aliphatic rings. The number of carboxylic acids is 1. The summed E-state index contributed by atoms with van der Waals surface area (Å²) in [6, 6.07) is 0. The van der Waals surface area contributed by atoms with Crippen molar-refractivity contribution in [3.63, 3.8) is 0 Å². The Hall–Kier alpha value is -1.32. The van der Waals surface area contributed by atoms with Gasteiger partial charge in [0, 0.05) is 0 Å². The summed E-state index contributed by atoms with van der Waals surface area (Å²) in [7, 11) is -1.38. The van der Waals surface area contributed by atoms with E-state index in [0.29, 0.717) is 12.8 Å². The molecule has 0 fully saturated rings. The van der Waals surface area contributed by atoms with Crippen LogP contribution in [0.15, 0.2) is 4.99 Å². The zero-order chi connectivity index (χ0) is 13.5. The number of aliphatic imine (C=N–C) groups is 1. The Labute approximate surface area is 99.6 Å². The summed E-state index contributed by atoms with van der Waals surface area (Å²) < 4.78 is 0. The lowest BCUT2D eigenvalue weighted by Crippen LogP contribution is -2.51. The molecule has 0 aliphatic heterocycles. The Kier molecular flexibility index (Phi) is 6.55. The second-order valence-electron chi connectivity index (χ2n) is 3.93. The average Bonchev–Trinajstić information content (AvgIpc) is 2.21. The molecule has 0 aromatic heterocycles. The first kappa shape index (κ1) is 15.7. The van der Waals surface area contributed by atoms with Crippen LogP contribution in [0.25, 0.3) is 0 Å². The van der Waals surface area contributed by atoms with Gasteiger partial charge in [-0.05, 0) is 12.7 Å². The van der Waals surface area contributed by atoms with Crippen LogP contribution in [0.2, 0.25) is 6.32 Å². The summed E-state index contributed by atoms with van der Waals surface area (Å²) in [4.78, 5) is 14.6. The van der Waals surface area contributed by atoms with Gasteiger partial charge >= 0.3 is 13.1 Å². The lowest BCUT2D eigenvalue weighted by Gasteiger charge is -2.22. The highest BCUT2D eigenvalue weighted by molar-refractivity contribution is 6.40. The number of unbranched alkanes of at least 4 members (excludes halogenated alkanes) is 1. The van der Waals surface area contributed by atoms with Gasteiger partial charge < -0.3 is 32.4 Å². The quantitative estimate of drug-likeness (QED) is 0.121. The summed E-state index contributed by atoms with van der Waals surface area (Å²) >= 11 is 0. The van der Waals surface area contributed by atoms with E-state index in [9.17, 15) is 4.79 Å². The number of guanidine groups is 1. The molecule has 0 rings (SSSR count). The normalized spacial score (nSPS) is 13.8. The molecule has 8 nitrogen and oxygen atoms in total. The molecule has 0 aromatic carbocycles. The number of rotatable bonds is 8. The molecule has 0 radical (unpaired) electrons. The van der Waals surface area contributed by atoms with Gasteiger partial charge in [0.05, 0.1) is 6.54 Å². The largest absolute Gasteiger partial charge is 0.480 e. The monoisotopic (exact) mass is 246 g/mol. The summed E-state index contributed by atoms with van der Waals surface area (Å²) in [6.45, 7) is -0.202. The number of hydrogen-bond donors (Lipinski definition) is 6. The van der Waals surface area contributed by atoms with Crippen LogP contribution in [-0.2, 0) is 4.79 Å². The van der Waals surface area contributed by atoms with Crippen molar-refractivity contribution in [2.45, 2.75) is 31.1 Å². The van der Waals surface area contributed by atoms with Crippen molar-refractivity contribution < 1.29 is 19.9 Å². The highest BCUT2D eigenvalue weighted by Crippen LogP contribution is 2.14. The van der Waals surface area contributed by atoms with E-state index in [1.54, 1.807) is 0 Å². The van der Waals surface area contributed by atoms with Gasteiger partial charge in [-0.15, -0.1) is 0 Å². The fourth-order valence-electron chi connectivity index (χ4n) is 1.25. The van der Waals surface area contributed by atoms with Crippen molar-refractivity contribution in [3.8, 4) is 0 Å². The average molecular weight is 246 g/mol. The van der Waals surface area contributed by atoms with Gasteiger partial charge in [-0.25, -0.2) is 0 Å². The third kappa shape index (κ3) is 6.77. The van der Waals surface area contributed by atoms with Gasteiger partial charge in [0.25, 0.3) is 0 Å². The fraction of sp³-hybridized carbons (Fsp3) is 0.750. The Bertz CT molecular complexity index is 283. The van der Waals surface area contributed by atoms with Crippen molar-refractivity contribution in [1.29, 1.82) is 0 Å². The van der Waals surface area contributed by atoms with Crippen molar-refractivity contribution in [2.24, 2.45) is 22.2 Å². The van der Waals surface area contributed by atoms with Gasteiger partial charge in [0.15, 0.2) is 5.96 Å². The maximum Gasteiger partial charge on any atom is 0.451 e. The van der Waals surface area contributed by atoms with Crippen LogP contribution in [0.4, 0.5) is 0 Å². The SMILES string of the molecule is NC(N)=NC[C@@](N)(CCCCB(O)O)C(=O)O. The maximum absolute atomic E-state index is 11.0. The molecule has 0 unspecified atom stereocenters. The zero-order valence-corrected chi connectivity index (χ0v) is 9.54. The van der Waals surface area contributed by atoms with Gasteiger partial charge in [-0.3, -0.25) is 9.79 Å². The zero-order valence-electron chi connectivity index (χ0n) is 9.54. The highest BCUT2D eigenvalue weighted by Gasteiger charge is 2.33. The van der Waals surface area contributed by atoms with Crippen LogP contribution in [0.5, 0.6) is 0 Å². The molecule has 0 amide bonds. The Balaban J connectivity index is 4.23. The minimum Gasteiger partial charge on any atom is -0.480 e. The van der Waals surface area contributed by atoms with E-state index in [-0.39, 0.29) is 25.2 Å². The summed E-state index contributed by atoms with van der Waals surface area (Å²) in [5.41, 5.74) is 14.4. The van der Waals surface area contributed by atoms with E-state index in [1.165, 1.54) is 0 Å². The van der Waals surface area contributed by atoms with E-state index in [4.69, 9.17) is 32.4 Å². The van der Waals surface area contributed by atoms with E-state index in [2.05, 4.69) is 4.99 Å². The van der Waals surface area contributed by atoms with Crippen molar-refractivity contribution in [2.75, 3.05) is 6.54 Å². The first-order chi connectivity index (χ1) is 7.78. The predicted molar refractivity (Wildman–Crippen MR) is 64.1 cm³/mol. The maximum atomic E-state index is 11.0. The van der Waals surface area contributed by atoms with Crippen LogP contribution in [-0.4, -0.2) is 46.3 Å². The van der Waals surface area contributed by atoms with Crippen LogP contribution < -0.4 is 17.2 Å². The van der Waals surface area contributed by atoms with Crippen LogP contribution in [0.1, 0.15) is 19.3 Å². The molecule has 0 saturated heterocycles. The lowest BCUT2D eigenvalue weighted by atomic mass is 9.82. The first-order valence-corrected chi connectivity index (χ1v) is 5.22. The highest BCUT2D eigenvalue weighted by atomic mass is 16.4. The van der Waals surface area contributed by atoms with Crippen LogP contribution in [0, 0.1) is 0 Å². The molecule has 0 saturated carbocycles. The molecular weight excluding hydrogens is 227 g/mol. The molecule has 0 heterocycles. The summed E-state index contributed by atoms with van der Waals surface area (Å²) in [5, 5.41) is 26.2. The Morgan fingerprint density at radius 3 is 2.29 bits per heavy atom. The van der Waals surface area contributed by atoms with Gasteiger partial charge in [-0.2, -0.15) is 0 Å². The van der Waals surface area contributed by atoms with E-state index in [1.807, 2.05) is 0 Å². The molecule has 0 bridgehead atoms.